The molecular formula is C28H44N4P4Pt2. The summed E-state index contributed by atoms with van der Waals surface area (Å²) >= 11 is 0. The van der Waals surface area contributed by atoms with Crippen molar-refractivity contribution in [2.75, 3.05) is 53.3 Å². The van der Waals surface area contributed by atoms with Crippen LogP contribution in [0.25, 0.3) is 0 Å². The Morgan fingerprint density at radius 3 is 0.711 bits per heavy atom. The second-order valence-corrected chi connectivity index (χ2v) is 22.0. The van der Waals surface area contributed by atoms with Crippen LogP contribution in [0, 0.1) is 47.3 Å². The van der Waals surface area contributed by atoms with Crippen molar-refractivity contribution in [1.29, 1.82) is 21.0 Å². The standard InChI is InChI=1S/2C12H20P2.4CN.2Pt/c2*1-12(13(2)3,14(4)5)11-9-7-6-8-10-11;4*1-2;;/h2*6-10H,1-5H3;;;;;;/q;;4*-1;;/p+4. The minimum atomic E-state index is -0.278. The minimum absolute atomic E-state index is 0. The molecule has 2 aromatic carbocycles. The predicted octanol–water partition coefficient (Wildman–Crippen LogP) is 7.99. The third-order valence-electron chi connectivity index (χ3n) is 6.70. The van der Waals surface area contributed by atoms with E-state index in [1.54, 1.807) is 11.1 Å². The smallest absolute Gasteiger partial charge is 0.193 e. The van der Waals surface area contributed by atoms with Gasteiger partial charge in [-0.2, -0.15) is 0 Å². The van der Waals surface area contributed by atoms with E-state index < -0.39 is 0 Å². The summed E-state index contributed by atoms with van der Waals surface area (Å²) in [5.41, 5.74) is 3.11. The van der Waals surface area contributed by atoms with Crippen LogP contribution in [0.1, 0.15) is 25.0 Å². The van der Waals surface area contributed by atoms with E-state index in [9.17, 15) is 0 Å². The molecule has 10 heteroatoms. The normalized spacial score (nSPS) is 9.42. The van der Waals surface area contributed by atoms with E-state index in [0.29, 0.717) is 9.79 Å². The van der Waals surface area contributed by atoms with Crippen LogP contribution in [-0.4, -0.2) is 53.3 Å². The Bertz CT molecular complexity index is 768. The first-order valence-electron chi connectivity index (χ1n) is 11.2. The van der Waals surface area contributed by atoms with Crippen LogP contribution in [0.4, 0.5) is 0 Å². The van der Waals surface area contributed by atoms with Crippen molar-refractivity contribution in [3.05, 3.63) is 98.1 Å². The van der Waals surface area contributed by atoms with Crippen molar-refractivity contribution < 1.29 is 42.1 Å². The van der Waals surface area contributed by atoms with Gasteiger partial charge in [0.05, 0.1) is 53.3 Å². The summed E-state index contributed by atoms with van der Waals surface area (Å²) in [5.74, 6) is 0. The number of hydrogen-bond acceptors (Lipinski definition) is 4. The maximum Gasteiger partial charge on any atom is 0.193 e. The SMILES string of the molecule is C[PH+](C)C(C)(c1ccccc1)[PH+](C)C.C[PH+](C)C(C)(c1ccccc1)[PH+](C)C.[C-]#N.[C-]#N.[C-]#N.[C-]#N.[Pt].[Pt]. The maximum atomic E-state index is 6.25. The molecule has 0 saturated heterocycles. The summed E-state index contributed by atoms with van der Waals surface area (Å²) in [5, 5.41) is 25.0. The molecule has 38 heavy (non-hydrogen) atoms. The van der Waals surface area contributed by atoms with Gasteiger partial charge in [0.25, 0.3) is 0 Å². The number of rotatable bonds is 6. The molecule has 0 aliphatic rings. The van der Waals surface area contributed by atoms with Crippen LogP contribution in [0.3, 0.4) is 0 Å². The molecule has 0 unspecified atom stereocenters. The minimum Gasteiger partial charge on any atom is -0.512 e. The van der Waals surface area contributed by atoms with E-state index >= 15 is 0 Å². The van der Waals surface area contributed by atoms with Crippen molar-refractivity contribution >= 4 is 31.7 Å². The number of hydrogen-bond donors (Lipinski definition) is 0. The zero-order valence-corrected chi connectivity index (χ0v) is 32.7. The summed E-state index contributed by atoms with van der Waals surface area (Å²) in [7, 11) is -1.11. The Labute approximate surface area is 268 Å². The predicted molar refractivity (Wildman–Crippen MR) is 168 cm³/mol. The first-order chi connectivity index (χ1) is 17.0. The van der Waals surface area contributed by atoms with Gasteiger partial charge >= 0.3 is 0 Å². The van der Waals surface area contributed by atoms with Gasteiger partial charge in [0.15, 0.2) is 9.79 Å². The Balaban J connectivity index is -0.000000102. The van der Waals surface area contributed by atoms with E-state index in [4.69, 9.17) is 47.3 Å². The summed E-state index contributed by atoms with van der Waals surface area (Å²) in [4.78, 5) is 0.993. The van der Waals surface area contributed by atoms with Gasteiger partial charge < -0.3 is 47.3 Å². The molecule has 216 valence electrons. The molecule has 0 atom stereocenters. The fourth-order valence-electron chi connectivity index (χ4n) is 3.70. The Morgan fingerprint density at radius 1 is 0.421 bits per heavy atom. The molecule has 0 N–H and O–H groups in total. The van der Waals surface area contributed by atoms with Gasteiger partial charge in [0.1, 0.15) is 0 Å². The van der Waals surface area contributed by atoms with Gasteiger partial charge in [-0.3, -0.25) is 0 Å². The van der Waals surface area contributed by atoms with Crippen molar-refractivity contribution in [3.63, 3.8) is 0 Å². The van der Waals surface area contributed by atoms with Gasteiger partial charge in [0, 0.05) is 98.8 Å². The first-order valence-corrected chi connectivity index (χ1v) is 21.2. The molecule has 0 heterocycles. The molecule has 2 rings (SSSR count). The van der Waals surface area contributed by atoms with Crippen molar-refractivity contribution in [1.82, 2.24) is 0 Å². The van der Waals surface area contributed by atoms with E-state index in [2.05, 4.69) is 128 Å². The van der Waals surface area contributed by atoms with Crippen LogP contribution < -0.4 is 0 Å². The molecule has 0 aliphatic carbocycles. The molecule has 0 radical (unpaired) electrons. The van der Waals surface area contributed by atoms with Crippen LogP contribution in [0.2, 0.25) is 0 Å². The summed E-state index contributed by atoms with van der Waals surface area (Å²) < 4.78 is 0. The molecule has 0 saturated carbocycles. The van der Waals surface area contributed by atoms with Gasteiger partial charge in [-0.25, -0.2) is 0 Å². The van der Waals surface area contributed by atoms with Gasteiger partial charge in [-0.05, 0) is 0 Å². The first kappa shape index (κ1) is 50.3. The van der Waals surface area contributed by atoms with Gasteiger partial charge in [0.2, 0.25) is 0 Å². The van der Waals surface area contributed by atoms with Crippen LogP contribution in [0.5, 0.6) is 0 Å². The van der Waals surface area contributed by atoms with Crippen molar-refractivity contribution in [3.8, 4) is 0 Å². The van der Waals surface area contributed by atoms with Crippen LogP contribution >= 0.6 is 31.7 Å². The van der Waals surface area contributed by atoms with Crippen molar-refractivity contribution in [2.45, 2.75) is 23.6 Å². The van der Waals surface area contributed by atoms with Crippen LogP contribution in [-0.2, 0) is 51.9 Å². The zero-order chi connectivity index (χ0) is 29.5. The second-order valence-electron chi connectivity index (χ2n) is 8.98. The fourth-order valence-corrected chi connectivity index (χ4v) is 14.7. The second kappa shape index (κ2) is 29.5. The third kappa shape index (κ3) is 15.9. The Morgan fingerprint density at radius 2 is 0.579 bits per heavy atom. The van der Waals surface area contributed by atoms with Crippen molar-refractivity contribution in [2.24, 2.45) is 0 Å². The molecule has 2 aromatic rings. The molecule has 0 spiro atoms. The molecule has 0 bridgehead atoms. The summed E-state index contributed by atoms with van der Waals surface area (Å²) in [6, 6.07) is 22.1. The zero-order valence-electron chi connectivity index (χ0n) is 24.2. The monoisotopic (exact) mass is 950 g/mol. The molecule has 0 amide bonds. The fraction of sp³-hybridized carbons (Fsp3) is 0.429. The number of benzene rings is 2. The number of nitrogens with zero attached hydrogens (tertiary/aromatic N) is 4. The molecule has 0 aliphatic heterocycles. The summed E-state index contributed by atoms with van der Waals surface area (Å²) in [6.45, 7) is 43.4. The summed E-state index contributed by atoms with van der Waals surface area (Å²) in [6.07, 6.45) is 0. The van der Waals surface area contributed by atoms with Crippen LogP contribution in [0.15, 0.2) is 60.7 Å². The topological polar surface area (TPSA) is 95.2 Å². The Hall–Kier alpha value is -0.503. The Kier molecular flexibility index (Phi) is 39.1. The average molecular weight is 951 g/mol. The molecule has 0 fully saturated rings. The van der Waals surface area contributed by atoms with E-state index in [1.807, 2.05) is 0 Å². The average Bonchev–Trinajstić information content (AvgIpc) is 2.93. The molecule has 4 nitrogen and oxygen atoms in total. The largest absolute Gasteiger partial charge is 0.512 e. The van der Waals surface area contributed by atoms with Gasteiger partial charge in [-0.1, -0.05) is 60.7 Å². The third-order valence-corrected chi connectivity index (χ3v) is 21.9. The molecular weight excluding hydrogens is 906 g/mol. The van der Waals surface area contributed by atoms with E-state index in [1.165, 1.54) is 0 Å². The van der Waals surface area contributed by atoms with E-state index in [-0.39, 0.29) is 73.8 Å². The maximum absolute atomic E-state index is 6.25. The van der Waals surface area contributed by atoms with E-state index in [0.717, 1.165) is 0 Å². The molecule has 0 aromatic heterocycles. The quantitative estimate of drug-likeness (QED) is 0.217. The van der Waals surface area contributed by atoms with Gasteiger partial charge in [-0.15, -0.1) is 0 Å².